The summed E-state index contributed by atoms with van der Waals surface area (Å²) in [6.07, 6.45) is 1.22. The highest BCUT2D eigenvalue weighted by Gasteiger charge is 2.14. The molecule has 3 rings (SSSR count). The second-order valence-corrected chi connectivity index (χ2v) is 6.77. The Bertz CT molecular complexity index is 865. The van der Waals surface area contributed by atoms with Crippen molar-refractivity contribution in [3.63, 3.8) is 0 Å². The topological polar surface area (TPSA) is 81.0 Å². The average Bonchev–Trinajstić information content (AvgIpc) is 2.64. The number of carbonyl (C=O) groups excluding carboxylic acids is 1. The van der Waals surface area contributed by atoms with Crippen molar-refractivity contribution in [2.45, 2.75) is 6.54 Å². The highest BCUT2D eigenvalue weighted by atomic mass is 35.5. The minimum absolute atomic E-state index is 0.0296. The molecule has 9 heteroatoms. The van der Waals surface area contributed by atoms with Crippen molar-refractivity contribution in [2.75, 3.05) is 38.2 Å². The second-order valence-electron chi connectivity index (χ2n) is 5.92. The summed E-state index contributed by atoms with van der Waals surface area (Å²) in [5.74, 6) is 0.0424. The molecule has 1 aliphatic rings. The van der Waals surface area contributed by atoms with Gasteiger partial charge in [0.05, 0.1) is 30.5 Å². The van der Waals surface area contributed by atoms with Gasteiger partial charge in [-0.05, 0) is 18.2 Å². The van der Waals surface area contributed by atoms with Gasteiger partial charge in [0.25, 0.3) is 5.91 Å². The summed E-state index contributed by atoms with van der Waals surface area (Å²) in [6.45, 7) is 3.07. The third-order valence-electron chi connectivity index (χ3n) is 3.90. The number of benzene rings is 1. The fourth-order valence-electron chi connectivity index (χ4n) is 2.53. The summed E-state index contributed by atoms with van der Waals surface area (Å²) in [7, 11) is 0. The molecule has 2 aromatic rings. The van der Waals surface area contributed by atoms with E-state index in [0.717, 1.165) is 13.1 Å². The molecule has 0 aliphatic carbocycles. The van der Waals surface area contributed by atoms with Crippen LogP contribution in [0.3, 0.4) is 0 Å². The van der Waals surface area contributed by atoms with Crippen LogP contribution in [0.1, 0.15) is 5.76 Å². The zero-order valence-corrected chi connectivity index (χ0v) is 15.9. The molecule has 7 nitrogen and oxygen atoms in total. The van der Waals surface area contributed by atoms with E-state index >= 15 is 0 Å². The molecule has 0 atom stereocenters. The van der Waals surface area contributed by atoms with Gasteiger partial charge in [0.15, 0.2) is 6.61 Å². The van der Waals surface area contributed by atoms with E-state index in [0.29, 0.717) is 41.3 Å². The van der Waals surface area contributed by atoms with Crippen LogP contribution in [0.15, 0.2) is 39.7 Å². The lowest BCUT2D eigenvalue weighted by atomic mass is 10.3. The Hall–Kier alpha value is -2.06. The molecule has 27 heavy (non-hydrogen) atoms. The SMILES string of the molecule is O=C(COc1coc(CN2CCOCC2)cc1=O)Nc1ccc(Cl)cc1Cl. The van der Waals surface area contributed by atoms with Crippen molar-refractivity contribution < 1.29 is 18.7 Å². The van der Waals surface area contributed by atoms with Gasteiger partial charge in [0.1, 0.15) is 12.0 Å². The summed E-state index contributed by atoms with van der Waals surface area (Å²) in [6, 6.07) is 6.07. The Balaban J connectivity index is 1.54. The molecule has 0 bridgehead atoms. The Morgan fingerprint density at radius 3 is 2.70 bits per heavy atom. The minimum atomic E-state index is -0.462. The zero-order chi connectivity index (χ0) is 19.2. The molecular weight excluding hydrogens is 395 g/mol. The quantitative estimate of drug-likeness (QED) is 0.785. The molecule has 1 aliphatic heterocycles. The maximum Gasteiger partial charge on any atom is 0.262 e. The Morgan fingerprint density at radius 2 is 2.00 bits per heavy atom. The van der Waals surface area contributed by atoms with Crippen LogP contribution in [-0.2, 0) is 16.1 Å². The maximum absolute atomic E-state index is 12.1. The largest absolute Gasteiger partial charge is 0.477 e. The van der Waals surface area contributed by atoms with Gasteiger partial charge < -0.3 is 19.2 Å². The van der Waals surface area contributed by atoms with Crippen molar-refractivity contribution in [3.05, 3.63) is 56.6 Å². The van der Waals surface area contributed by atoms with Crippen LogP contribution in [0.5, 0.6) is 5.75 Å². The number of amides is 1. The van der Waals surface area contributed by atoms with Crippen molar-refractivity contribution in [2.24, 2.45) is 0 Å². The number of ether oxygens (including phenoxy) is 2. The molecule has 1 aromatic heterocycles. The molecule has 1 saturated heterocycles. The first-order valence-electron chi connectivity index (χ1n) is 8.31. The third-order valence-corrected chi connectivity index (χ3v) is 4.45. The Labute approximate surface area is 165 Å². The summed E-state index contributed by atoms with van der Waals surface area (Å²) in [5.41, 5.74) is 0.0596. The minimum Gasteiger partial charge on any atom is -0.477 e. The molecule has 0 radical (unpaired) electrons. The van der Waals surface area contributed by atoms with Crippen molar-refractivity contribution in [1.82, 2.24) is 4.90 Å². The second kappa shape index (κ2) is 9.23. The van der Waals surface area contributed by atoms with Crippen molar-refractivity contribution >= 4 is 34.8 Å². The molecule has 1 aromatic carbocycles. The number of hydrogen-bond acceptors (Lipinski definition) is 6. The van der Waals surface area contributed by atoms with Crippen LogP contribution in [0, 0.1) is 0 Å². The van der Waals surface area contributed by atoms with Crippen LogP contribution in [0.4, 0.5) is 5.69 Å². The number of anilines is 1. The van der Waals surface area contributed by atoms with E-state index in [-0.39, 0.29) is 17.8 Å². The van der Waals surface area contributed by atoms with E-state index in [4.69, 9.17) is 37.1 Å². The normalized spacial score (nSPS) is 14.7. The van der Waals surface area contributed by atoms with E-state index in [9.17, 15) is 9.59 Å². The molecular formula is C18H18Cl2N2O5. The predicted molar refractivity (Wildman–Crippen MR) is 102 cm³/mol. The first kappa shape index (κ1) is 19.7. The first-order valence-corrected chi connectivity index (χ1v) is 9.06. The molecule has 2 heterocycles. The van der Waals surface area contributed by atoms with Crippen molar-refractivity contribution in [3.8, 4) is 5.75 Å². The fraction of sp³-hybridized carbons (Fsp3) is 0.333. The lowest BCUT2D eigenvalue weighted by molar-refractivity contribution is -0.118. The van der Waals surface area contributed by atoms with Gasteiger partial charge in [-0.2, -0.15) is 0 Å². The lowest BCUT2D eigenvalue weighted by Gasteiger charge is -2.25. The summed E-state index contributed by atoms with van der Waals surface area (Å²) in [5, 5.41) is 3.36. The van der Waals surface area contributed by atoms with Gasteiger partial charge >= 0.3 is 0 Å². The van der Waals surface area contributed by atoms with Gasteiger partial charge in [-0.3, -0.25) is 14.5 Å². The van der Waals surface area contributed by atoms with Crippen LogP contribution in [-0.4, -0.2) is 43.7 Å². The molecule has 1 fully saturated rings. The molecule has 0 spiro atoms. The molecule has 1 amide bonds. The van der Waals surface area contributed by atoms with Gasteiger partial charge in [-0.1, -0.05) is 23.2 Å². The number of halogens is 2. The maximum atomic E-state index is 12.1. The first-order chi connectivity index (χ1) is 13.0. The standard InChI is InChI=1S/C18H18Cl2N2O5/c19-12-1-2-15(14(20)7-12)21-18(24)11-27-17-10-26-13(8-16(17)23)9-22-3-5-25-6-4-22/h1-2,7-8,10H,3-6,9,11H2,(H,21,24). The van der Waals surface area contributed by atoms with Gasteiger partial charge in [-0.25, -0.2) is 0 Å². The summed E-state index contributed by atoms with van der Waals surface area (Å²) >= 11 is 11.8. The number of hydrogen-bond donors (Lipinski definition) is 1. The molecule has 0 unspecified atom stereocenters. The van der Waals surface area contributed by atoms with Crippen LogP contribution in [0.25, 0.3) is 0 Å². The molecule has 1 N–H and O–H groups in total. The monoisotopic (exact) mass is 412 g/mol. The number of carbonyl (C=O) groups is 1. The summed E-state index contributed by atoms with van der Waals surface area (Å²) < 4.78 is 16.0. The Kier molecular flexibility index (Phi) is 6.73. The molecule has 144 valence electrons. The van der Waals surface area contributed by atoms with E-state index in [2.05, 4.69) is 10.2 Å². The average molecular weight is 413 g/mol. The highest BCUT2D eigenvalue weighted by Crippen LogP contribution is 2.25. The lowest BCUT2D eigenvalue weighted by Crippen LogP contribution is -2.35. The Morgan fingerprint density at radius 1 is 1.22 bits per heavy atom. The van der Waals surface area contributed by atoms with E-state index in [1.165, 1.54) is 18.4 Å². The van der Waals surface area contributed by atoms with E-state index in [1.807, 2.05) is 0 Å². The number of rotatable bonds is 6. The zero-order valence-electron chi connectivity index (χ0n) is 14.4. The number of nitrogens with one attached hydrogen (secondary N) is 1. The van der Waals surface area contributed by atoms with E-state index < -0.39 is 5.91 Å². The van der Waals surface area contributed by atoms with Crippen LogP contribution < -0.4 is 15.5 Å². The fourth-order valence-corrected chi connectivity index (χ4v) is 2.98. The van der Waals surface area contributed by atoms with E-state index in [1.54, 1.807) is 12.1 Å². The highest BCUT2D eigenvalue weighted by molar-refractivity contribution is 6.36. The van der Waals surface area contributed by atoms with Gasteiger partial charge in [-0.15, -0.1) is 0 Å². The van der Waals surface area contributed by atoms with Crippen LogP contribution >= 0.6 is 23.2 Å². The predicted octanol–water partition coefficient (Wildman–Crippen LogP) is 2.80. The van der Waals surface area contributed by atoms with Crippen molar-refractivity contribution in [1.29, 1.82) is 0 Å². The smallest absolute Gasteiger partial charge is 0.262 e. The molecule has 0 saturated carbocycles. The van der Waals surface area contributed by atoms with Crippen LogP contribution in [0.2, 0.25) is 10.0 Å². The third kappa shape index (κ3) is 5.71. The van der Waals surface area contributed by atoms with Gasteiger partial charge in [0.2, 0.25) is 11.2 Å². The number of nitrogens with zero attached hydrogens (tertiary/aromatic N) is 1. The van der Waals surface area contributed by atoms with Gasteiger partial charge in [0, 0.05) is 24.2 Å². The summed E-state index contributed by atoms with van der Waals surface area (Å²) in [4.78, 5) is 26.3. The number of morpholine rings is 1.